The molecule has 0 atom stereocenters. The Morgan fingerprint density at radius 3 is 2.70 bits per heavy atom. The molecule has 1 amide bonds. The van der Waals surface area contributed by atoms with Crippen molar-refractivity contribution in [2.75, 3.05) is 44.0 Å². The van der Waals surface area contributed by atoms with Crippen LogP contribution in [-0.4, -0.2) is 54.1 Å². The van der Waals surface area contributed by atoms with Crippen molar-refractivity contribution in [3.8, 4) is 0 Å². The summed E-state index contributed by atoms with van der Waals surface area (Å²) in [6.07, 6.45) is 6.33. The number of nitrogens with zero attached hydrogens (tertiary/aromatic N) is 3. The van der Waals surface area contributed by atoms with Crippen LogP contribution in [0.25, 0.3) is 0 Å². The Labute approximate surface area is 242 Å². The highest BCUT2D eigenvalue weighted by Crippen LogP contribution is 2.40. The summed E-state index contributed by atoms with van der Waals surface area (Å²) in [5.74, 6) is 1.17. The number of fused-ring (bicyclic) bond motifs is 1. The smallest absolute Gasteiger partial charge is 0.234 e. The normalized spacial score (nSPS) is 17.1. The van der Waals surface area contributed by atoms with Crippen molar-refractivity contribution in [2.45, 2.75) is 64.2 Å². The van der Waals surface area contributed by atoms with E-state index >= 15 is 0 Å². The second kappa shape index (κ2) is 12.2. The molecule has 2 aliphatic rings. The Morgan fingerprint density at radius 2 is 1.95 bits per heavy atom. The highest BCUT2D eigenvalue weighted by atomic mass is 35.5. The van der Waals surface area contributed by atoms with E-state index in [0.717, 1.165) is 67.3 Å². The minimum Gasteiger partial charge on any atom is -0.383 e. The number of benzene rings is 2. The van der Waals surface area contributed by atoms with Crippen LogP contribution in [0.1, 0.15) is 67.5 Å². The molecule has 1 fully saturated rings. The van der Waals surface area contributed by atoms with Crippen LogP contribution in [0, 0.1) is 0 Å². The number of methoxy groups -OCH3 is 1. The Kier molecular flexibility index (Phi) is 8.74. The van der Waals surface area contributed by atoms with Gasteiger partial charge >= 0.3 is 0 Å². The molecule has 212 valence electrons. The molecule has 8 heteroatoms. The number of carbonyl (C=O) groups excluding carboxylic acids is 1. The predicted octanol–water partition coefficient (Wildman–Crippen LogP) is 6.28. The van der Waals surface area contributed by atoms with Crippen molar-refractivity contribution >= 4 is 34.8 Å². The number of ether oxygens (including phenoxy) is 1. The number of rotatable bonds is 10. The Balaban J connectivity index is 1.27. The lowest BCUT2D eigenvalue weighted by atomic mass is 9.82. The second-order valence-corrected chi connectivity index (χ2v) is 11.8. The van der Waals surface area contributed by atoms with E-state index in [4.69, 9.17) is 21.3 Å². The number of piperidine rings is 1. The molecule has 40 heavy (non-hydrogen) atoms. The average Bonchev–Trinajstić information content (AvgIpc) is 3.20. The maximum atomic E-state index is 12.5. The van der Waals surface area contributed by atoms with Crippen LogP contribution in [0.3, 0.4) is 0 Å². The van der Waals surface area contributed by atoms with Gasteiger partial charge in [0.2, 0.25) is 11.9 Å². The number of halogens is 1. The first-order valence-corrected chi connectivity index (χ1v) is 14.7. The molecule has 1 saturated heterocycles. The van der Waals surface area contributed by atoms with E-state index < -0.39 is 5.41 Å². The molecule has 3 aromatic rings. The molecular formula is C32H40ClN5O2. The van der Waals surface area contributed by atoms with Crippen molar-refractivity contribution in [1.29, 1.82) is 0 Å². The van der Waals surface area contributed by atoms with E-state index in [2.05, 4.69) is 51.7 Å². The number of hydrogen-bond acceptors (Lipinski definition) is 6. The van der Waals surface area contributed by atoms with Crippen LogP contribution in [0.4, 0.5) is 17.3 Å². The monoisotopic (exact) mass is 561 g/mol. The number of amides is 1. The van der Waals surface area contributed by atoms with E-state index in [0.29, 0.717) is 23.3 Å². The maximum Gasteiger partial charge on any atom is 0.234 e. The zero-order chi connectivity index (χ0) is 28.3. The Morgan fingerprint density at radius 1 is 1.15 bits per heavy atom. The van der Waals surface area contributed by atoms with E-state index in [1.165, 1.54) is 24.0 Å². The molecule has 0 bridgehead atoms. The third kappa shape index (κ3) is 6.02. The highest BCUT2D eigenvalue weighted by molar-refractivity contribution is 6.31. The maximum absolute atomic E-state index is 12.5. The summed E-state index contributed by atoms with van der Waals surface area (Å²) >= 11 is 6.54. The van der Waals surface area contributed by atoms with E-state index in [-0.39, 0.29) is 5.91 Å². The molecule has 2 aromatic carbocycles. The van der Waals surface area contributed by atoms with E-state index in [1.54, 1.807) is 13.3 Å². The Bertz CT molecular complexity index is 1370. The summed E-state index contributed by atoms with van der Waals surface area (Å²) in [6.45, 7) is 10.2. The number of hydrogen-bond donors (Lipinski definition) is 2. The fourth-order valence-corrected chi connectivity index (χ4v) is 6.23. The van der Waals surface area contributed by atoms with Gasteiger partial charge in [-0.05, 0) is 99.3 Å². The molecule has 0 spiro atoms. The summed E-state index contributed by atoms with van der Waals surface area (Å²) in [4.78, 5) is 24.3. The van der Waals surface area contributed by atoms with E-state index in [9.17, 15) is 4.79 Å². The number of carbonyl (C=O) groups is 1. The van der Waals surface area contributed by atoms with Gasteiger partial charge in [-0.2, -0.15) is 0 Å². The molecule has 5 rings (SSSR count). The molecule has 0 unspecified atom stereocenters. The first-order valence-electron chi connectivity index (χ1n) is 14.4. The SMILES string of the molecule is CCc1cc(C2CCN(CCOC)CC2)ccc1Nc1ncc(Cl)c(CCc2cccc3c2C(C)(C)C(=O)N3)n1. The Hall–Kier alpha value is -3.00. The van der Waals surface area contributed by atoms with Gasteiger partial charge in [-0.3, -0.25) is 4.79 Å². The quantitative estimate of drug-likeness (QED) is 0.303. The minimum atomic E-state index is -0.558. The molecule has 0 saturated carbocycles. The van der Waals surface area contributed by atoms with Crippen molar-refractivity contribution in [1.82, 2.24) is 14.9 Å². The van der Waals surface area contributed by atoms with Crippen LogP contribution in [0.5, 0.6) is 0 Å². The van der Waals surface area contributed by atoms with E-state index in [1.807, 2.05) is 26.0 Å². The lowest BCUT2D eigenvalue weighted by Gasteiger charge is -2.32. The van der Waals surface area contributed by atoms with Gasteiger partial charge in [-0.1, -0.05) is 42.8 Å². The van der Waals surface area contributed by atoms with Crippen molar-refractivity contribution < 1.29 is 9.53 Å². The number of nitrogens with one attached hydrogen (secondary N) is 2. The highest BCUT2D eigenvalue weighted by Gasteiger charge is 2.39. The van der Waals surface area contributed by atoms with Gasteiger partial charge in [0.25, 0.3) is 0 Å². The van der Waals surface area contributed by atoms with Gasteiger partial charge in [-0.25, -0.2) is 9.97 Å². The number of likely N-dealkylation sites (tertiary alicyclic amines) is 1. The topological polar surface area (TPSA) is 79.4 Å². The zero-order valence-corrected chi connectivity index (χ0v) is 24.8. The summed E-state index contributed by atoms with van der Waals surface area (Å²) in [5, 5.41) is 7.01. The first kappa shape index (κ1) is 28.5. The van der Waals surface area contributed by atoms with Gasteiger partial charge in [0.05, 0.1) is 28.9 Å². The van der Waals surface area contributed by atoms with Crippen molar-refractivity contribution in [3.63, 3.8) is 0 Å². The molecule has 2 N–H and O–H groups in total. The molecule has 0 aliphatic carbocycles. The van der Waals surface area contributed by atoms with Crippen molar-refractivity contribution in [3.05, 3.63) is 75.6 Å². The fourth-order valence-electron chi connectivity index (χ4n) is 6.05. The largest absolute Gasteiger partial charge is 0.383 e. The van der Waals surface area contributed by atoms with Gasteiger partial charge < -0.3 is 20.3 Å². The number of aryl methyl sites for hydroxylation is 3. The third-order valence-electron chi connectivity index (χ3n) is 8.47. The van der Waals surface area contributed by atoms with Gasteiger partial charge in [0, 0.05) is 25.0 Å². The third-order valence-corrected chi connectivity index (χ3v) is 8.78. The molecule has 2 aliphatic heterocycles. The molecular weight excluding hydrogens is 522 g/mol. The fraction of sp³-hybridized carbons (Fsp3) is 0.469. The van der Waals surface area contributed by atoms with Gasteiger partial charge in [0.1, 0.15) is 0 Å². The van der Waals surface area contributed by atoms with Crippen LogP contribution in [0.15, 0.2) is 42.6 Å². The average molecular weight is 562 g/mol. The standard InChI is InChI=1S/C32H40ClN5O2/c1-5-21-19-24(22-13-15-38(16-14-22)17-18-40-4)10-11-26(21)36-31-34-20-25(33)27(37-31)12-9-23-7-6-8-28-29(23)32(2,3)30(39)35-28/h6-8,10-11,19-20,22H,5,9,12-18H2,1-4H3,(H,35,39)(H,34,36,37). The van der Waals surface area contributed by atoms with Crippen LogP contribution >= 0.6 is 11.6 Å². The first-order chi connectivity index (χ1) is 19.3. The summed E-state index contributed by atoms with van der Waals surface area (Å²) in [7, 11) is 1.77. The summed E-state index contributed by atoms with van der Waals surface area (Å²) in [5.41, 5.74) is 7.05. The molecule has 3 heterocycles. The second-order valence-electron chi connectivity index (χ2n) is 11.4. The lowest BCUT2D eigenvalue weighted by molar-refractivity contribution is -0.119. The van der Waals surface area contributed by atoms with Crippen LogP contribution in [0.2, 0.25) is 5.02 Å². The lowest BCUT2D eigenvalue weighted by Crippen LogP contribution is -2.35. The number of aromatic nitrogens is 2. The van der Waals surface area contributed by atoms with Crippen LogP contribution < -0.4 is 10.6 Å². The molecule has 7 nitrogen and oxygen atoms in total. The minimum absolute atomic E-state index is 0.0341. The van der Waals surface area contributed by atoms with Crippen molar-refractivity contribution in [2.24, 2.45) is 0 Å². The number of anilines is 3. The predicted molar refractivity (Wildman–Crippen MR) is 162 cm³/mol. The molecule has 0 radical (unpaired) electrons. The zero-order valence-electron chi connectivity index (χ0n) is 24.0. The molecule has 1 aromatic heterocycles. The summed E-state index contributed by atoms with van der Waals surface area (Å²) in [6, 6.07) is 12.8. The van der Waals surface area contributed by atoms with Crippen LogP contribution in [-0.2, 0) is 34.2 Å². The van der Waals surface area contributed by atoms with Gasteiger partial charge in [0.15, 0.2) is 0 Å². The van der Waals surface area contributed by atoms with Gasteiger partial charge in [-0.15, -0.1) is 0 Å². The summed E-state index contributed by atoms with van der Waals surface area (Å²) < 4.78 is 5.24.